The molecule has 1 aromatic rings. The highest BCUT2D eigenvalue weighted by Crippen LogP contribution is 2.27. The smallest absolute Gasteiger partial charge is 0.254 e. The minimum atomic E-state index is 0.00434. The predicted molar refractivity (Wildman–Crippen MR) is 99.4 cm³/mol. The fraction of sp³-hybridized carbons (Fsp3) is 0.632. The van der Waals surface area contributed by atoms with Crippen LogP contribution in [0, 0.1) is 0 Å². The van der Waals surface area contributed by atoms with Crippen LogP contribution in [0.3, 0.4) is 0 Å². The van der Waals surface area contributed by atoms with Crippen LogP contribution in [-0.2, 0) is 0 Å². The van der Waals surface area contributed by atoms with Gasteiger partial charge in [-0.2, -0.15) is 0 Å². The lowest BCUT2D eigenvalue weighted by molar-refractivity contribution is 0.0607. The molecule has 0 bridgehead atoms. The summed E-state index contributed by atoms with van der Waals surface area (Å²) in [6, 6.07) is 5.19. The van der Waals surface area contributed by atoms with Crippen molar-refractivity contribution >= 4 is 5.91 Å². The van der Waals surface area contributed by atoms with Gasteiger partial charge in [0.25, 0.3) is 5.91 Å². The Morgan fingerprint density at radius 1 is 1.32 bits per heavy atom. The second kappa shape index (κ2) is 9.06. The molecule has 0 saturated carbocycles. The molecule has 1 amide bonds. The molecule has 1 heterocycles. The molecule has 1 unspecified atom stereocenters. The van der Waals surface area contributed by atoms with Gasteiger partial charge in [0, 0.05) is 24.7 Å². The molecule has 0 spiro atoms. The second-order valence-electron chi connectivity index (χ2n) is 7.07. The van der Waals surface area contributed by atoms with Gasteiger partial charge in [0.05, 0.1) is 7.11 Å². The van der Waals surface area contributed by atoms with Crippen molar-refractivity contribution in [2.45, 2.75) is 25.3 Å². The van der Waals surface area contributed by atoms with Crippen LogP contribution < -0.4 is 4.74 Å². The van der Waals surface area contributed by atoms with Crippen LogP contribution in [0.1, 0.15) is 29.6 Å². The van der Waals surface area contributed by atoms with Gasteiger partial charge in [-0.25, -0.2) is 0 Å². The summed E-state index contributed by atoms with van der Waals surface area (Å²) in [5.74, 6) is 0.390. The van der Waals surface area contributed by atoms with E-state index in [1.165, 1.54) is 13.2 Å². The molecule has 2 rings (SSSR count). The highest BCUT2D eigenvalue weighted by Gasteiger charge is 2.27. The molecule has 1 aliphatic rings. The highest BCUT2D eigenvalue weighted by atomic mass is 16.5. The zero-order valence-electron chi connectivity index (χ0n) is 15.9. The number of hydrogen-bond acceptors (Lipinski definition) is 5. The Morgan fingerprint density at radius 2 is 2.08 bits per heavy atom. The van der Waals surface area contributed by atoms with Gasteiger partial charge in [-0.05, 0) is 71.7 Å². The van der Waals surface area contributed by atoms with E-state index >= 15 is 0 Å². The summed E-state index contributed by atoms with van der Waals surface area (Å²) >= 11 is 0. The SMILES string of the molecule is COc1cc(C(=O)N2CCCC(N(C)CCCN(C)C)C2)ccc1O. The highest BCUT2D eigenvalue weighted by molar-refractivity contribution is 5.95. The van der Waals surface area contributed by atoms with Gasteiger partial charge in [-0.3, -0.25) is 4.79 Å². The number of phenolic OH excluding ortho intramolecular Hbond substituents is 1. The molecule has 6 heteroatoms. The van der Waals surface area contributed by atoms with E-state index in [-0.39, 0.29) is 11.7 Å². The van der Waals surface area contributed by atoms with Crippen molar-refractivity contribution in [3.63, 3.8) is 0 Å². The lowest BCUT2D eigenvalue weighted by Gasteiger charge is -2.38. The first-order valence-corrected chi connectivity index (χ1v) is 8.93. The van der Waals surface area contributed by atoms with Crippen molar-refractivity contribution in [2.75, 3.05) is 54.4 Å². The molecule has 1 atom stereocenters. The predicted octanol–water partition coefficient (Wildman–Crippen LogP) is 1.89. The normalized spacial score (nSPS) is 18.0. The van der Waals surface area contributed by atoms with Crippen molar-refractivity contribution in [3.8, 4) is 11.5 Å². The van der Waals surface area contributed by atoms with Crippen molar-refractivity contribution in [1.29, 1.82) is 0 Å². The van der Waals surface area contributed by atoms with Crippen LogP contribution in [-0.4, -0.2) is 86.2 Å². The number of rotatable bonds is 7. The zero-order chi connectivity index (χ0) is 18.4. The Bertz CT molecular complexity index is 577. The summed E-state index contributed by atoms with van der Waals surface area (Å²) in [6.45, 7) is 3.65. The van der Waals surface area contributed by atoms with Crippen LogP contribution in [0.2, 0.25) is 0 Å². The number of carbonyl (C=O) groups excluding carboxylic acids is 1. The van der Waals surface area contributed by atoms with E-state index in [0.717, 1.165) is 45.4 Å². The van der Waals surface area contributed by atoms with Gasteiger partial charge in [-0.15, -0.1) is 0 Å². The van der Waals surface area contributed by atoms with Crippen LogP contribution in [0.5, 0.6) is 11.5 Å². The fourth-order valence-corrected chi connectivity index (χ4v) is 3.31. The summed E-state index contributed by atoms with van der Waals surface area (Å²) in [5.41, 5.74) is 0.561. The van der Waals surface area contributed by atoms with E-state index in [1.54, 1.807) is 12.1 Å². The largest absolute Gasteiger partial charge is 0.504 e. The van der Waals surface area contributed by atoms with Crippen LogP contribution in [0.4, 0.5) is 0 Å². The van der Waals surface area contributed by atoms with Gasteiger partial charge >= 0.3 is 0 Å². The number of hydrogen-bond donors (Lipinski definition) is 1. The molecule has 25 heavy (non-hydrogen) atoms. The Kier molecular flexibility index (Phi) is 7.08. The summed E-state index contributed by atoms with van der Waals surface area (Å²) in [6.07, 6.45) is 3.27. The lowest BCUT2D eigenvalue weighted by Crippen LogP contribution is -2.49. The number of ether oxygens (including phenoxy) is 1. The molecular formula is C19H31N3O3. The number of likely N-dealkylation sites (N-methyl/N-ethyl adjacent to an activating group) is 1. The van der Waals surface area contributed by atoms with E-state index < -0.39 is 0 Å². The minimum absolute atomic E-state index is 0.00434. The molecule has 0 aliphatic carbocycles. The molecule has 1 aromatic carbocycles. The number of carbonyl (C=O) groups is 1. The van der Waals surface area contributed by atoms with Gasteiger partial charge in [0.2, 0.25) is 0 Å². The molecule has 0 aromatic heterocycles. The maximum atomic E-state index is 12.8. The first kappa shape index (κ1) is 19.5. The lowest BCUT2D eigenvalue weighted by atomic mass is 10.0. The number of phenols is 1. The standard InChI is InChI=1S/C19H31N3O3/c1-20(2)10-6-11-21(3)16-7-5-12-22(14-16)19(24)15-8-9-17(23)18(13-15)25-4/h8-9,13,16,23H,5-7,10-12,14H2,1-4H3. The zero-order valence-corrected chi connectivity index (χ0v) is 15.9. The number of amides is 1. The third-order valence-corrected chi connectivity index (χ3v) is 4.85. The van der Waals surface area contributed by atoms with Gasteiger partial charge in [0.15, 0.2) is 11.5 Å². The summed E-state index contributed by atoms with van der Waals surface area (Å²) in [5, 5.41) is 9.70. The number of nitrogens with zero attached hydrogens (tertiary/aromatic N) is 3. The minimum Gasteiger partial charge on any atom is -0.504 e. The first-order chi connectivity index (χ1) is 11.9. The van der Waals surface area contributed by atoms with E-state index in [0.29, 0.717) is 17.4 Å². The number of methoxy groups -OCH3 is 1. The first-order valence-electron chi connectivity index (χ1n) is 8.93. The molecule has 1 fully saturated rings. The topological polar surface area (TPSA) is 56.2 Å². The van der Waals surface area contributed by atoms with Gasteiger partial charge < -0.3 is 24.5 Å². The molecular weight excluding hydrogens is 318 g/mol. The average Bonchev–Trinajstić information content (AvgIpc) is 2.61. The maximum absolute atomic E-state index is 12.8. The van der Waals surface area contributed by atoms with Gasteiger partial charge in [-0.1, -0.05) is 0 Å². The van der Waals surface area contributed by atoms with Crippen molar-refractivity contribution in [1.82, 2.24) is 14.7 Å². The average molecular weight is 349 g/mol. The number of aromatic hydroxyl groups is 1. The van der Waals surface area contributed by atoms with Gasteiger partial charge in [0.1, 0.15) is 0 Å². The van der Waals surface area contributed by atoms with E-state index in [9.17, 15) is 9.90 Å². The van der Waals surface area contributed by atoms with Crippen molar-refractivity contribution < 1.29 is 14.6 Å². The van der Waals surface area contributed by atoms with Crippen molar-refractivity contribution in [2.24, 2.45) is 0 Å². The van der Waals surface area contributed by atoms with E-state index in [1.807, 2.05) is 4.90 Å². The van der Waals surface area contributed by atoms with E-state index in [2.05, 4.69) is 30.9 Å². The Labute approximate surface area is 151 Å². The number of benzene rings is 1. The van der Waals surface area contributed by atoms with Crippen molar-refractivity contribution in [3.05, 3.63) is 23.8 Å². The Morgan fingerprint density at radius 3 is 2.76 bits per heavy atom. The summed E-state index contributed by atoms with van der Waals surface area (Å²) in [7, 11) is 7.82. The monoisotopic (exact) mass is 349 g/mol. The summed E-state index contributed by atoms with van der Waals surface area (Å²) in [4.78, 5) is 19.3. The quantitative estimate of drug-likeness (QED) is 0.815. The Balaban J connectivity index is 1.96. The molecule has 140 valence electrons. The molecule has 1 saturated heterocycles. The third kappa shape index (κ3) is 5.34. The fourth-order valence-electron chi connectivity index (χ4n) is 3.31. The number of likely N-dealkylation sites (tertiary alicyclic amines) is 1. The van der Waals surface area contributed by atoms with Crippen LogP contribution in [0.15, 0.2) is 18.2 Å². The molecule has 6 nitrogen and oxygen atoms in total. The molecule has 1 N–H and O–H groups in total. The van der Waals surface area contributed by atoms with Crippen LogP contribution >= 0.6 is 0 Å². The van der Waals surface area contributed by atoms with E-state index in [4.69, 9.17) is 4.74 Å². The maximum Gasteiger partial charge on any atom is 0.254 e. The molecule has 0 radical (unpaired) electrons. The molecule has 1 aliphatic heterocycles. The second-order valence-corrected chi connectivity index (χ2v) is 7.07. The third-order valence-electron chi connectivity index (χ3n) is 4.85. The number of piperidine rings is 1. The van der Waals surface area contributed by atoms with Crippen LogP contribution in [0.25, 0.3) is 0 Å². The Hall–Kier alpha value is -1.79. The summed E-state index contributed by atoms with van der Waals surface area (Å²) < 4.78 is 5.11.